The van der Waals surface area contributed by atoms with Gasteiger partial charge < -0.3 is 28.4 Å². The fourth-order valence-corrected chi connectivity index (χ4v) is 2.20. The van der Waals surface area contributed by atoms with E-state index in [-0.39, 0.29) is 0 Å². The second-order valence-electron chi connectivity index (χ2n) is 5.17. The lowest BCUT2D eigenvalue weighted by Crippen LogP contribution is -2.11. The van der Waals surface area contributed by atoms with Crippen LogP contribution in [0.4, 0.5) is 0 Å². The highest BCUT2D eigenvalue weighted by Crippen LogP contribution is 2.39. The summed E-state index contributed by atoms with van der Waals surface area (Å²) < 4.78 is 31.9. The van der Waals surface area contributed by atoms with E-state index in [9.17, 15) is 4.79 Å². The maximum Gasteiger partial charge on any atom is 0.337 e. The van der Waals surface area contributed by atoms with Gasteiger partial charge >= 0.3 is 5.97 Å². The van der Waals surface area contributed by atoms with E-state index in [1.165, 1.54) is 6.26 Å². The molecule has 0 fully saturated rings. The zero-order valence-corrected chi connectivity index (χ0v) is 16.1. The molecule has 0 spiro atoms. The Morgan fingerprint density at radius 2 is 1.65 bits per heavy atom. The molecule has 26 heavy (non-hydrogen) atoms. The van der Waals surface area contributed by atoms with Gasteiger partial charge in [0.05, 0.1) is 45.9 Å². The van der Waals surface area contributed by atoms with Gasteiger partial charge in [0.25, 0.3) is 0 Å². The van der Waals surface area contributed by atoms with Crippen molar-refractivity contribution in [2.24, 2.45) is 0 Å². The third-order valence-corrected chi connectivity index (χ3v) is 3.38. The zero-order chi connectivity index (χ0) is 19.4. The van der Waals surface area contributed by atoms with Gasteiger partial charge in [0.15, 0.2) is 11.5 Å². The molecule has 1 rings (SSSR count). The Morgan fingerprint density at radius 1 is 1.00 bits per heavy atom. The Hall–Kier alpha value is -2.41. The molecule has 0 atom stereocenters. The quantitative estimate of drug-likeness (QED) is 0.243. The first-order chi connectivity index (χ1) is 12.6. The molecule has 0 heterocycles. The van der Waals surface area contributed by atoms with Gasteiger partial charge in [0, 0.05) is 13.5 Å². The minimum Gasteiger partial charge on any atom is -0.501 e. The van der Waals surface area contributed by atoms with E-state index < -0.39 is 5.97 Å². The first-order valence-electron chi connectivity index (χ1n) is 8.45. The molecule has 0 aliphatic carbocycles. The Morgan fingerprint density at radius 3 is 2.15 bits per heavy atom. The van der Waals surface area contributed by atoms with Gasteiger partial charge in [-0.05, 0) is 31.5 Å². The van der Waals surface area contributed by atoms with Crippen LogP contribution in [0.5, 0.6) is 17.2 Å². The molecular formula is C19H28O7. The molecule has 0 saturated carbocycles. The molecule has 7 heteroatoms. The summed E-state index contributed by atoms with van der Waals surface area (Å²) in [6.07, 6.45) is 1.74. The molecular weight excluding hydrogens is 340 g/mol. The van der Waals surface area contributed by atoms with Crippen LogP contribution in [0.15, 0.2) is 24.0 Å². The van der Waals surface area contributed by atoms with Crippen molar-refractivity contribution in [3.8, 4) is 17.2 Å². The van der Waals surface area contributed by atoms with Crippen LogP contribution in [0.1, 0.15) is 19.4 Å². The summed E-state index contributed by atoms with van der Waals surface area (Å²) >= 11 is 0. The number of carbonyl (C=O) groups is 1. The van der Waals surface area contributed by atoms with E-state index in [2.05, 4.69) is 0 Å². The van der Waals surface area contributed by atoms with Gasteiger partial charge in [-0.1, -0.05) is 0 Å². The molecule has 0 N–H and O–H groups in total. The Bertz CT molecular complexity index is 571. The van der Waals surface area contributed by atoms with Crippen molar-refractivity contribution in [1.82, 2.24) is 0 Å². The molecule has 1 aromatic rings. The first-order valence-corrected chi connectivity index (χ1v) is 8.45. The van der Waals surface area contributed by atoms with Crippen molar-refractivity contribution in [2.45, 2.75) is 20.3 Å². The van der Waals surface area contributed by atoms with Crippen molar-refractivity contribution in [1.29, 1.82) is 0 Å². The third kappa shape index (κ3) is 6.48. The lowest BCUT2D eigenvalue weighted by Gasteiger charge is -2.16. The smallest absolute Gasteiger partial charge is 0.337 e. The van der Waals surface area contributed by atoms with Gasteiger partial charge in [-0.15, -0.1) is 0 Å². The summed E-state index contributed by atoms with van der Waals surface area (Å²) in [6, 6.07) is 3.59. The van der Waals surface area contributed by atoms with E-state index in [1.807, 2.05) is 6.92 Å². The van der Waals surface area contributed by atoms with Crippen molar-refractivity contribution in [3.63, 3.8) is 0 Å². The number of methoxy groups -OCH3 is 3. The minimum atomic E-state index is -0.417. The van der Waals surface area contributed by atoms with Crippen molar-refractivity contribution in [3.05, 3.63) is 29.5 Å². The van der Waals surface area contributed by atoms with Crippen LogP contribution < -0.4 is 14.2 Å². The van der Waals surface area contributed by atoms with Crippen LogP contribution in [0.2, 0.25) is 0 Å². The Kier molecular flexibility index (Phi) is 10.0. The first kappa shape index (κ1) is 21.6. The summed E-state index contributed by atoms with van der Waals surface area (Å²) in [7, 11) is 4.69. The number of ether oxygens (including phenoxy) is 6. The standard InChI is InChI=1S/C19H28O7/c1-6-24-13-15(19(20)25-7-2)10-14-11-16(22-4)18(17(12-14)23-5)26-9-8-21-3/h11-13H,6-10H2,1-5H3/b15-13-. The topological polar surface area (TPSA) is 72.5 Å². The molecule has 7 nitrogen and oxygen atoms in total. The molecule has 146 valence electrons. The van der Waals surface area contributed by atoms with Crippen LogP contribution in [-0.2, 0) is 25.4 Å². The maximum absolute atomic E-state index is 12.1. The minimum absolute atomic E-state index is 0.293. The fraction of sp³-hybridized carbons (Fsp3) is 0.526. The SMILES string of the molecule is CCO/C=C(/Cc1cc(OC)c(OCCOC)c(OC)c1)C(=O)OCC. The number of rotatable bonds is 12. The van der Waals surface area contributed by atoms with Gasteiger partial charge in [0.2, 0.25) is 5.75 Å². The third-order valence-electron chi connectivity index (χ3n) is 3.38. The van der Waals surface area contributed by atoms with Crippen LogP contribution in [-0.4, -0.2) is 53.7 Å². The van der Waals surface area contributed by atoms with Gasteiger partial charge in [-0.25, -0.2) is 4.79 Å². The summed E-state index contributed by atoms with van der Waals surface area (Å²) in [5.41, 5.74) is 1.21. The van der Waals surface area contributed by atoms with Crippen LogP contribution in [0, 0.1) is 0 Å². The van der Waals surface area contributed by atoms with E-state index in [0.717, 1.165) is 5.56 Å². The Balaban J connectivity index is 3.12. The van der Waals surface area contributed by atoms with Gasteiger partial charge in [0.1, 0.15) is 6.61 Å². The molecule has 0 amide bonds. The highest BCUT2D eigenvalue weighted by atomic mass is 16.6. The summed E-state index contributed by atoms with van der Waals surface area (Å²) in [5, 5.41) is 0. The van der Waals surface area contributed by atoms with E-state index >= 15 is 0 Å². The number of benzene rings is 1. The van der Waals surface area contributed by atoms with Crippen molar-refractivity contribution in [2.75, 3.05) is 47.8 Å². The molecule has 0 aromatic heterocycles. The molecule has 0 saturated heterocycles. The van der Waals surface area contributed by atoms with E-state index in [1.54, 1.807) is 40.4 Å². The molecule has 0 radical (unpaired) electrons. The zero-order valence-electron chi connectivity index (χ0n) is 16.1. The number of hydrogen-bond acceptors (Lipinski definition) is 7. The predicted molar refractivity (Wildman–Crippen MR) is 97.0 cm³/mol. The number of carbonyl (C=O) groups excluding carboxylic acids is 1. The van der Waals surface area contributed by atoms with Crippen LogP contribution in [0.3, 0.4) is 0 Å². The average molecular weight is 368 g/mol. The molecule has 1 aromatic carbocycles. The lowest BCUT2D eigenvalue weighted by molar-refractivity contribution is -0.138. The molecule has 0 aliphatic heterocycles. The molecule has 0 aliphatic rings. The largest absolute Gasteiger partial charge is 0.501 e. The fourth-order valence-electron chi connectivity index (χ4n) is 2.20. The highest BCUT2D eigenvalue weighted by molar-refractivity contribution is 5.88. The summed E-state index contributed by atoms with van der Waals surface area (Å²) in [5.74, 6) is 1.09. The second kappa shape index (κ2) is 12.0. The van der Waals surface area contributed by atoms with Crippen molar-refractivity contribution < 1.29 is 33.2 Å². The predicted octanol–water partition coefficient (Wildman–Crippen LogP) is 2.76. The lowest BCUT2D eigenvalue weighted by atomic mass is 10.0. The normalized spacial score (nSPS) is 11.0. The van der Waals surface area contributed by atoms with Crippen LogP contribution in [0.25, 0.3) is 0 Å². The van der Waals surface area contributed by atoms with Gasteiger partial charge in [-0.2, -0.15) is 0 Å². The molecule has 0 bridgehead atoms. The second-order valence-corrected chi connectivity index (χ2v) is 5.17. The van der Waals surface area contributed by atoms with Gasteiger partial charge in [-0.3, -0.25) is 0 Å². The summed E-state index contributed by atoms with van der Waals surface area (Å²) in [4.78, 5) is 12.1. The Labute approximate surface area is 154 Å². The van der Waals surface area contributed by atoms with Crippen molar-refractivity contribution >= 4 is 5.97 Å². The number of hydrogen-bond donors (Lipinski definition) is 0. The van der Waals surface area contributed by atoms with E-state index in [4.69, 9.17) is 28.4 Å². The average Bonchev–Trinajstić information content (AvgIpc) is 2.65. The monoisotopic (exact) mass is 368 g/mol. The number of esters is 1. The summed E-state index contributed by atoms with van der Waals surface area (Å²) in [6.45, 7) is 5.16. The van der Waals surface area contributed by atoms with Crippen LogP contribution >= 0.6 is 0 Å². The molecule has 0 unspecified atom stereocenters. The van der Waals surface area contributed by atoms with E-state index in [0.29, 0.717) is 55.7 Å². The highest BCUT2D eigenvalue weighted by Gasteiger charge is 2.18. The maximum atomic E-state index is 12.1.